The molecule has 2 unspecified atom stereocenters. The molecule has 41 heavy (non-hydrogen) atoms. The van der Waals surface area contributed by atoms with Crippen LogP contribution in [0.15, 0.2) is 73.8 Å². The zero-order chi connectivity index (χ0) is 29.5. The molecule has 1 spiro atoms. The minimum atomic E-state index is -1.21. The summed E-state index contributed by atoms with van der Waals surface area (Å²) in [6.07, 6.45) is 3.73. The number of hydrogen-bond donors (Lipinski definition) is 1. The van der Waals surface area contributed by atoms with Gasteiger partial charge in [0.1, 0.15) is 11.6 Å². The minimum absolute atomic E-state index is 0.156. The summed E-state index contributed by atoms with van der Waals surface area (Å²) in [6.45, 7) is 11.3. The van der Waals surface area contributed by atoms with Gasteiger partial charge in [0.2, 0.25) is 11.8 Å². The maximum atomic E-state index is 14.6. The number of carbonyl (C=O) groups excluding carboxylic acids is 3. The van der Waals surface area contributed by atoms with Gasteiger partial charge in [-0.3, -0.25) is 14.4 Å². The molecule has 3 aliphatic heterocycles. The van der Waals surface area contributed by atoms with Gasteiger partial charge in [0.05, 0.1) is 41.3 Å². The van der Waals surface area contributed by atoms with Gasteiger partial charge >= 0.3 is 0 Å². The van der Waals surface area contributed by atoms with Crippen molar-refractivity contribution >= 4 is 40.7 Å². The zero-order valence-electron chi connectivity index (χ0n) is 23.4. The van der Waals surface area contributed by atoms with Gasteiger partial charge in [-0.1, -0.05) is 54.1 Å². The Kier molecular flexibility index (Phi) is 8.10. The second-order valence-corrected chi connectivity index (χ2v) is 11.5. The highest BCUT2D eigenvalue weighted by atomic mass is 35.5. The number of amides is 3. The molecule has 216 valence electrons. The summed E-state index contributed by atoms with van der Waals surface area (Å²) in [5.41, 5.74) is 0.803. The van der Waals surface area contributed by atoms with E-state index in [9.17, 15) is 19.5 Å². The lowest BCUT2D eigenvalue weighted by Gasteiger charge is -2.39. The smallest absolute Gasteiger partial charge is 0.253 e. The highest BCUT2D eigenvalue weighted by Crippen LogP contribution is 2.59. The average molecular weight is 578 g/mol. The molecule has 3 saturated heterocycles. The number of ether oxygens (including phenoxy) is 1. The third kappa shape index (κ3) is 4.58. The largest absolute Gasteiger partial charge is 0.394 e. The van der Waals surface area contributed by atoms with Crippen LogP contribution >= 0.6 is 11.6 Å². The quantitative estimate of drug-likeness (QED) is 0.429. The molecule has 3 fully saturated rings. The van der Waals surface area contributed by atoms with Gasteiger partial charge in [-0.2, -0.15) is 0 Å². The van der Waals surface area contributed by atoms with Crippen LogP contribution in [-0.2, 0) is 19.1 Å². The van der Waals surface area contributed by atoms with Crippen LogP contribution in [-0.4, -0.2) is 71.2 Å². The standard InChI is InChI=1S/C32H36ClN3O5/c1-5-17-34(22-12-8-7-9-13-22)29(38)25-24-15-16-32(41-24)26(25)30(39)36(21(4)19-37)28(32)31(40)35(18-6-2)27-20(3)11-10-14-23(27)33/h5-14,21,24-26,28,37H,1-2,15-19H2,3-4H3/t21-,24-,25+,26+,28?,32?/m1/s1. The maximum absolute atomic E-state index is 14.6. The Morgan fingerprint density at radius 3 is 2.44 bits per heavy atom. The Hall–Kier alpha value is -3.46. The number of aliphatic hydroxyl groups is 1. The van der Waals surface area contributed by atoms with Crippen LogP contribution in [0.4, 0.5) is 11.4 Å². The molecule has 0 saturated carbocycles. The van der Waals surface area contributed by atoms with Crippen LogP contribution in [0, 0.1) is 18.8 Å². The van der Waals surface area contributed by atoms with Crippen LogP contribution in [0.1, 0.15) is 25.3 Å². The fourth-order valence-electron chi connectivity index (χ4n) is 6.99. The molecule has 3 aliphatic rings. The Morgan fingerprint density at radius 2 is 1.80 bits per heavy atom. The summed E-state index contributed by atoms with van der Waals surface area (Å²) in [4.78, 5) is 47.8. The molecule has 5 rings (SSSR count). The van der Waals surface area contributed by atoms with Crippen molar-refractivity contribution in [3.63, 3.8) is 0 Å². The van der Waals surface area contributed by atoms with Gasteiger partial charge in [-0.15, -0.1) is 13.2 Å². The number of fused-ring (bicyclic) bond motifs is 1. The topological polar surface area (TPSA) is 90.4 Å². The van der Waals surface area contributed by atoms with Gasteiger partial charge in [0, 0.05) is 18.8 Å². The molecule has 0 aliphatic carbocycles. The van der Waals surface area contributed by atoms with E-state index in [1.165, 1.54) is 9.80 Å². The number of aliphatic hydroxyl groups excluding tert-OH is 1. The van der Waals surface area contributed by atoms with Gasteiger partial charge in [0.15, 0.2) is 0 Å². The molecular formula is C32H36ClN3O5. The third-order valence-electron chi connectivity index (χ3n) is 8.68. The highest BCUT2D eigenvalue weighted by Gasteiger charge is 2.75. The molecule has 2 aromatic carbocycles. The number of hydrogen-bond acceptors (Lipinski definition) is 5. The number of anilines is 2. The number of likely N-dealkylation sites (tertiary alicyclic amines) is 1. The average Bonchev–Trinajstić information content (AvgIpc) is 3.62. The van der Waals surface area contributed by atoms with Gasteiger partial charge in [-0.25, -0.2) is 0 Å². The predicted molar refractivity (Wildman–Crippen MR) is 159 cm³/mol. The van der Waals surface area contributed by atoms with Crippen molar-refractivity contribution in [2.75, 3.05) is 29.5 Å². The van der Waals surface area contributed by atoms with E-state index in [1.54, 1.807) is 30.0 Å². The number of para-hydroxylation sites is 2. The molecule has 2 aromatic rings. The van der Waals surface area contributed by atoms with E-state index in [0.29, 0.717) is 29.2 Å². The van der Waals surface area contributed by atoms with E-state index in [0.717, 1.165) is 5.56 Å². The number of halogens is 1. The van der Waals surface area contributed by atoms with Crippen molar-refractivity contribution in [1.29, 1.82) is 0 Å². The predicted octanol–water partition coefficient (Wildman–Crippen LogP) is 4.14. The molecule has 3 heterocycles. The van der Waals surface area contributed by atoms with Crippen LogP contribution in [0.2, 0.25) is 5.02 Å². The first-order valence-corrected chi connectivity index (χ1v) is 14.3. The Bertz CT molecular complexity index is 1350. The van der Waals surface area contributed by atoms with E-state index in [-0.39, 0.29) is 37.4 Å². The van der Waals surface area contributed by atoms with Crippen molar-refractivity contribution in [3.05, 3.63) is 84.4 Å². The van der Waals surface area contributed by atoms with Crippen LogP contribution < -0.4 is 9.80 Å². The fraction of sp³-hybridized carbons (Fsp3) is 0.406. The fourth-order valence-corrected chi connectivity index (χ4v) is 7.31. The number of carbonyl (C=O) groups is 3. The van der Waals surface area contributed by atoms with Crippen LogP contribution in [0.25, 0.3) is 0 Å². The van der Waals surface area contributed by atoms with Crippen molar-refractivity contribution in [2.24, 2.45) is 11.8 Å². The zero-order valence-corrected chi connectivity index (χ0v) is 24.2. The lowest BCUT2D eigenvalue weighted by Crippen LogP contribution is -2.58. The first kappa shape index (κ1) is 29.0. The monoisotopic (exact) mass is 577 g/mol. The second kappa shape index (κ2) is 11.4. The number of rotatable bonds is 10. The maximum Gasteiger partial charge on any atom is 0.253 e. The minimum Gasteiger partial charge on any atom is -0.394 e. The lowest BCUT2D eigenvalue weighted by atomic mass is 9.70. The van der Waals surface area contributed by atoms with Crippen molar-refractivity contribution in [2.45, 2.75) is 50.5 Å². The Labute approximate surface area is 245 Å². The molecule has 9 heteroatoms. The number of aryl methyl sites for hydroxylation is 1. The van der Waals surface area contributed by atoms with Crippen LogP contribution in [0.5, 0.6) is 0 Å². The summed E-state index contributed by atoms with van der Waals surface area (Å²) in [5, 5.41) is 10.6. The summed E-state index contributed by atoms with van der Waals surface area (Å²) in [7, 11) is 0. The first-order chi connectivity index (χ1) is 19.7. The SMILES string of the molecule is C=CCN(C(=O)[C@@H]1[C@H]2C(=O)N([C@H](C)CO)C(C(=O)N(CC=C)c3c(C)cccc3Cl)C23CC[C@H]1O3)c1ccccc1. The van der Waals surface area contributed by atoms with Crippen LogP contribution in [0.3, 0.4) is 0 Å². The third-order valence-corrected chi connectivity index (χ3v) is 8.98. The van der Waals surface area contributed by atoms with Gasteiger partial charge in [-0.05, 0) is 50.5 Å². The highest BCUT2D eigenvalue weighted by molar-refractivity contribution is 6.34. The lowest BCUT2D eigenvalue weighted by molar-refractivity contribution is -0.143. The Morgan fingerprint density at radius 1 is 1.12 bits per heavy atom. The number of nitrogens with zero attached hydrogens (tertiary/aromatic N) is 3. The van der Waals surface area contributed by atoms with Crippen molar-refractivity contribution < 1.29 is 24.2 Å². The summed E-state index contributed by atoms with van der Waals surface area (Å²) < 4.78 is 6.61. The molecule has 2 bridgehead atoms. The molecule has 0 aromatic heterocycles. The van der Waals surface area contributed by atoms with E-state index >= 15 is 0 Å². The molecular weight excluding hydrogens is 542 g/mol. The molecule has 8 nitrogen and oxygen atoms in total. The molecule has 0 radical (unpaired) electrons. The Balaban J connectivity index is 1.60. The van der Waals surface area contributed by atoms with Crippen molar-refractivity contribution in [1.82, 2.24) is 4.90 Å². The molecule has 3 amide bonds. The second-order valence-electron chi connectivity index (χ2n) is 11.0. The number of benzene rings is 2. The van der Waals surface area contributed by atoms with E-state index in [4.69, 9.17) is 16.3 Å². The van der Waals surface area contributed by atoms with E-state index < -0.39 is 35.6 Å². The van der Waals surface area contributed by atoms with Gasteiger partial charge in [0.25, 0.3) is 5.91 Å². The van der Waals surface area contributed by atoms with Crippen molar-refractivity contribution in [3.8, 4) is 0 Å². The first-order valence-electron chi connectivity index (χ1n) is 14.0. The summed E-state index contributed by atoms with van der Waals surface area (Å²) in [6, 6.07) is 12.9. The van der Waals surface area contributed by atoms with E-state index in [1.807, 2.05) is 49.4 Å². The van der Waals surface area contributed by atoms with E-state index in [2.05, 4.69) is 13.2 Å². The van der Waals surface area contributed by atoms with Gasteiger partial charge < -0.3 is 24.5 Å². The summed E-state index contributed by atoms with van der Waals surface area (Å²) in [5.74, 6) is -2.62. The summed E-state index contributed by atoms with van der Waals surface area (Å²) >= 11 is 6.60. The normalized spacial score (nSPS) is 26.9. The molecule has 1 N–H and O–H groups in total. The molecule has 6 atom stereocenters.